The third kappa shape index (κ3) is 3.73. The van der Waals surface area contributed by atoms with Crippen molar-refractivity contribution in [3.05, 3.63) is 29.0 Å². The van der Waals surface area contributed by atoms with Gasteiger partial charge in [0.25, 0.3) is 0 Å². The second kappa shape index (κ2) is 7.51. The van der Waals surface area contributed by atoms with E-state index in [0.717, 1.165) is 28.3 Å². The maximum atomic E-state index is 6.40. The second-order valence-corrected chi connectivity index (χ2v) is 6.82. The number of hydrogen-bond acceptors (Lipinski definition) is 1. The molecule has 0 aliphatic carbocycles. The van der Waals surface area contributed by atoms with Crippen LogP contribution in [0.25, 0.3) is 11.0 Å². The highest BCUT2D eigenvalue weighted by atomic mass is 35.5. The molecule has 0 fully saturated rings. The Balaban J connectivity index is 2.33. The number of benzene rings is 1. The van der Waals surface area contributed by atoms with Crippen LogP contribution in [0.3, 0.4) is 0 Å². The molecule has 0 N–H and O–H groups in total. The maximum Gasteiger partial charge on any atom is 0.128 e. The van der Waals surface area contributed by atoms with Gasteiger partial charge in [-0.2, -0.15) is 0 Å². The maximum absolute atomic E-state index is 6.40. The summed E-state index contributed by atoms with van der Waals surface area (Å²) in [6.45, 7) is 6.44. The molecule has 4 heteroatoms. The number of nitrogens with zero attached hydrogens (tertiary/aromatic N) is 2. The first-order chi connectivity index (χ1) is 10.1. The third-order valence-electron chi connectivity index (χ3n) is 3.96. The summed E-state index contributed by atoms with van der Waals surface area (Å²) in [5, 5.41) is 0.635. The van der Waals surface area contributed by atoms with Crippen LogP contribution in [-0.4, -0.2) is 9.55 Å². The lowest BCUT2D eigenvalue weighted by molar-refractivity contribution is 0.468. The van der Waals surface area contributed by atoms with E-state index >= 15 is 0 Å². The molecule has 1 aromatic carbocycles. The number of para-hydroxylation sites is 1. The van der Waals surface area contributed by atoms with Crippen LogP contribution in [0, 0.1) is 0 Å². The van der Waals surface area contributed by atoms with Crippen molar-refractivity contribution in [2.75, 3.05) is 0 Å². The zero-order valence-corrected chi connectivity index (χ0v) is 14.6. The molecule has 0 saturated heterocycles. The van der Waals surface area contributed by atoms with Crippen LogP contribution in [0.5, 0.6) is 0 Å². The molecule has 0 saturated carbocycles. The Morgan fingerprint density at radius 3 is 2.62 bits per heavy atom. The molecule has 2 rings (SSSR count). The Morgan fingerprint density at radius 2 is 1.95 bits per heavy atom. The van der Waals surface area contributed by atoms with Crippen molar-refractivity contribution in [2.45, 2.75) is 64.3 Å². The minimum absolute atomic E-state index is 0.119. The largest absolute Gasteiger partial charge is 0.323 e. The molecule has 0 radical (unpaired) electrons. The van der Waals surface area contributed by atoms with Crippen molar-refractivity contribution >= 4 is 34.2 Å². The van der Waals surface area contributed by atoms with Crippen LogP contribution in [0.4, 0.5) is 0 Å². The fraction of sp³-hybridized carbons (Fsp3) is 0.588. The number of hydrogen-bond donors (Lipinski definition) is 0. The monoisotopic (exact) mass is 326 g/mol. The van der Waals surface area contributed by atoms with Crippen molar-refractivity contribution in [1.82, 2.24) is 9.55 Å². The highest BCUT2D eigenvalue weighted by Gasteiger charge is 2.20. The van der Waals surface area contributed by atoms with Crippen LogP contribution in [-0.2, 0) is 0 Å². The molecule has 1 aromatic heterocycles. The molecule has 2 unspecified atom stereocenters. The number of unbranched alkanes of at least 4 members (excludes halogenated alkanes) is 3. The number of halogens is 2. The van der Waals surface area contributed by atoms with E-state index in [1.165, 1.54) is 25.7 Å². The zero-order chi connectivity index (χ0) is 15.4. The summed E-state index contributed by atoms with van der Waals surface area (Å²) in [6, 6.07) is 6.23. The van der Waals surface area contributed by atoms with Gasteiger partial charge in [0.1, 0.15) is 5.82 Å². The topological polar surface area (TPSA) is 17.8 Å². The predicted molar refractivity (Wildman–Crippen MR) is 92.5 cm³/mol. The average Bonchev–Trinajstić information content (AvgIpc) is 2.84. The summed E-state index contributed by atoms with van der Waals surface area (Å²) in [7, 11) is 0. The molecule has 21 heavy (non-hydrogen) atoms. The lowest BCUT2D eigenvalue weighted by Gasteiger charge is -2.19. The van der Waals surface area contributed by atoms with Crippen LogP contribution < -0.4 is 0 Å². The van der Waals surface area contributed by atoms with Gasteiger partial charge >= 0.3 is 0 Å². The number of alkyl halides is 1. The summed E-state index contributed by atoms with van der Waals surface area (Å²) in [5.41, 5.74) is 1.95. The molecule has 0 bridgehead atoms. The van der Waals surface area contributed by atoms with Crippen LogP contribution in [0.15, 0.2) is 18.2 Å². The lowest BCUT2D eigenvalue weighted by Crippen LogP contribution is -2.10. The quantitative estimate of drug-likeness (QED) is 0.418. The molecule has 2 nitrogen and oxygen atoms in total. The Labute approximate surface area is 137 Å². The van der Waals surface area contributed by atoms with Gasteiger partial charge < -0.3 is 4.57 Å². The molecule has 1 heterocycles. The van der Waals surface area contributed by atoms with Crippen LogP contribution in [0.2, 0.25) is 5.02 Å². The summed E-state index contributed by atoms with van der Waals surface area (Å²) < 4.78 is 2.24. The van der Waals surface area contributed by atoms with Gasteiger partial charge in [-0.3, -0.25) is 0 Å². The van der Waals surface area contributed by atoms with Crippen LogP contribution >= 0.6 is 23.2 Å². The number of rotatable bonds is 7. The smallest absolute Gasteiger partial charge is 0.128 e. The molecular weight excluding hydrogens is 303 g/mol. The van der Waals surface area contributed by atoms with Gasteiger partial charge in [-0.15, -0.1) is 11.6 Å². The fourth-order valence-corrected chi connectivity index (χ4v) is 3.26. The summed E-state index contributed by atoms with van der Waals surface area (Å²) in [4.78, 5) is 4.69. The standard InChI is InChI=1S/C17H24Cl2N2/c1-4-5-6-7-9-12(2)21-16-14(19)10-8-11-15(16)20-17(21)13(3)18/h8,10-13H,4-7,9H2,1-3H3. The summed E-state index contributed by atoms with van der Waals surface area (Å²) >= 11 is 12.7. The predicted octanol–water partition coefficient (Wildman–Crippen LogP) is 6.52. The van der Waals surface area contributed by atoms with E-state index in [4.69, 9.17) is 23.2 Å². The molecule has 116 valence electrons. The molecule has 0 aliphatic heterocycles. The number of imidazole rings is 1. The highest BCUT2D eigenvalue weighted by Crippen LogP contribution is 2.33. The summed E-state index contributed by atoms with van der Waals surface area (Å²) in [6.07, 6.45) is 6.21. The van der Waals surface area contributed by atoms with E-state index < -0.39 is 0 Å². The van der Waals surface area contributed by atoms with Crippen LogP contribution in [0.1, 0.15) is 70.1 Å². The van der Waals surface area contributed by atoms with Gasteiger partial charge in [-0.05, 0) is 32.4 Å². The van der Waals surface area contributed by atoms with Gasteiger partial charge in [0.05, 0.1) is 21.4 Å². The van der Waals surface area contributed by atoms with Gasteiger partial charge in [-0.25, -0.2) is 4.98 Å². The minimum atomic E-state index is -0.119. The van der Waals surface area contributed by atoms with E-state index in [9.17, 15) is 0 Å². The molecule has 0 spiro atoms. The van der Waals surface area contributed by atoms with E-state index in [1.54, 1.807) is 0 Å². The zero-order valence-electron chi connectivity index (χ0n) is 13.1. The van der Waals surface area contributed by atoms with Gasteiger partial charge in [-0.1, -0.05) is 50.3 Å². The van der Waals surface area contributed by atoms with E-state index in [0.29, 0.717) is 6.04 Å². The van der Waals surface area contributed by atoms with Gasteiger partial charge in [0.15, 0.2) is 0 Å². The minimum Gasteiger partial charge on any atom is -0.323 e. The van der Waals surface area contributed by atoms with Crippen molar-refractivity contribution in [1.29, 1.82) is 0 Å². The second-order valence-electron chi connectivity index (χ2n) is 5.76. The number of aromatic nitrogens is 2. The first kappa shape index (κ1) is 16.6. The van der Waals surface area contributed by atoms with Gasteiger partial charge in [0.2, 0.25) is 0 Å². The van der Waals surface area contributed by atoms with Crippen molar-refractivity contribution < 1.29 is 0 Å². The first-order valence-corrected chi connectivity index (χ1v) is 8.68. The number of fused-ring (bicyclic) bond motifs is 1. The van der Waals surface area contributed by atoms with Crippen molar-refractivity contribution in [3.63, 3.8) is 0 Å². The SMILES string of the molecule is CCCCCCC(C)n1c(C(C)Cl)nc2cccc(Cl)c21. The lowest BCUT2D eigenvalue weighted by atomic mass is 10.1. The molecule has 0 amide bonds. The average molecular weight is 327 g/mol. The van der Waals surface area contributed by atoms with Gasteiger partial charge in [0, 0.05) is 6.04 Å². The highest BCUT2D eigenvalue weighted by molar-refractivity contribution is 6.35. The Morgan fingerprint density at radius 1 is 1.19 bits per heavy atom. The molecular formula is C17H24Cl2N2. The molecule has 2 aromatic rings. The van der Waals surface area contributed by atoms with Crippen molar-refractivity contribution in [2.24, 2.45) is 0 Å². The van der Waals surface area contributed by atoms with E-state index in [1.807, 2.05) is 25.1 Å². The Bertz CT molecular complexity index is 590. The fourth-order valence-electron chi connectivity index (χ4n) is 2.85. The Kier molecular flexibility index (Phi) is 5.95. The molecule has 0 aliphatic rings. The third-order valence-corrected chi connectivity index (χ3v) is 4.46. The van der Waals surface area contributed by atoms with E-state index in [-0.39, 0.29) is 5.38 Å². The Hall–Kier alpha value is -0.730. The van der Waals surface area contributed by atoms with Crippen molar-refractivity contribution in [3.8, 4) is 0 Å². The normalized spacial score (nSPS) is 14.5. The first-order valence-electron chi connectivity index (χ1n) is 7.86. The summed E-state index contributed by atoms with van der Waals surface area (Å²) in [5.74, 6) is 0.919. The van der Waals surface area contributed by atoms with E-state index in [2.05, 4.69) is 23.4 Å². The molecule has 2 atom stereocenters.